The van der Waals surface area contributed by atoms with Crippen LogP contribution in [0.3, 0.4) is 0 Å². The van der Waals surface area contributed by atoms with Gasteiger partial charge in [-0.2, -0.15) is 0 Å². The van der Waals surface area contributed by atoms with Crippen LogP contribution in [0.1, 0.15) is 10.4 Å². The van der Waals surface area contributed by atoms with Crippen LogP contribution in [-0.4, -0.2) is 26.2 Å². The third kappa shape index (κ3) is 5.63. The first kappa shape index (κ1) is 20.0. The smallest absolute Gasteiger partial charge is 0.255 e. The summed E-state index contributed by atoms with van der Waals surface area (Å²) in [5.41, 5.74) is 1.23. The Balaban J connectivity index is 1.54. The molecule has 0 saturated carbocycles. The summed E-state index contributed by atoms with van der Waals surface area (Å²) in [7, 11) is 1.60. The number of methoxy groups -OCH3 is 1. The predicted octanol–water partition coefficient (Wildman–Crippen LogP) is 5.01. The van der Waals surface area contributed by atoms with E-state index >= 15 is 0 Å². The van der Waals surface area contributed by atoms with Gasteiger partial charge in [-0.15, -0.1) is 0 Å². The number of halogens is 1. The number of hydrogen-bond acceptors (Lipinski definition) is 4. The molecule has 3 aromatic carbocycles. The maximum absolute atomic E-state index is 12.5. The van der Waals surface area contributed by atoms with Gasteiger partial charge in [-0.25, -0.2) is 0 Å². The number of carbonyl (C=O) groups is 1. The summed E-state index contributed by atoms with van der Waals surface area (Å²) < 4.78 is 17.4. The number of ether oxygens (including phenoxy) is 3. The molecule has 0 saturated heterocycles. The minimum atomic E-state index is -0.190. The SMILES string of the molecule is COc1ccc(C(=O)Nc2cccc(OCCOc3ccccc3)c2)cc1I. The quantitative estimate of drug-likeness (QED) is 0.357. The molecule has 0 fully saturated rings. The molecule has 0 radical (unpaired) electrons. The summed E-state index contributed by atoms with van der Waals surface area (Å²) in [4.78, 5) is 12.5. The van der Waals surface area contributed by atoms with E-state index in [1.807, 2.05) is 48.5 Å². The molecular formula is C22H20INO4. The first-order chi connectivity index (χ1) is 13.7. The van der Waals surface area contributed by atoms with E-state index < -0.39 is 0 Å². The van der Waals surface area contributed by atoms with Gasteiger partial charge in [-0.3, -0.25) is 4.79 Å². The van der Waals surface area contributed by atoms with Crippen LogP contribution in [0, 0.1) is 3.57 Å². The van der Waals surface area contributed by atoms with Crippen LogP contribution in [-0.2, 0) is 0 Å². The fourth-order valence-corrected chi connectivity index (χ4v) is 3.25. The van der Waals surface area contributed by atoms with Gasteiger partial charge in [0.25, 0.3) is 5.91 Å². The van der Waals surface area contributed by atoms with Crippen molar-refractivity contribution in [3.63, 3.8) is 0 Å². The third-order valence-corrected chi connectivity index (χ3v) is 4.71. The molecule has 28 heavy (non-hydrogen) atoms. The molecular weight excluding hydrogens is 469 g/mol. The number of para-hydroxylation sites is 1. The molecule has 0 aromatic heterocycles. The third-order valence-electron chi connectivity index (χ3n) is 3.87. The van der Waals surface area contributed by atoms with Crippen LogP contribution >= 0.6 is 22.6 Å². The van der Waals surface area contributed by atoms with E-state index in [4.69, 9.17) is 14.2 Å². The first-order valence-electron chi connectivity index (χ1n) is 8.71. The van der Waals surface area contributed by atoms with Crippen molar-refractivity contribution in [3.8, 4) is 17.2 Å². The van der Waals surface area contributed by atoms with Crippen molar-refractivity contribution < 1.29 is 19.0 Å². The van der Waals surface area contributed by atoms with Crippen molar-refractivity contribution in [2.75, 3.05) is 25.6 Å². The average molecular weight is 489 g/mol. The zero-order valence-electron chi connectivity index (χ0n) is 15.4. The molecule has 144 valence electrons. The zero-order valence-corrected chi connectivity index (χ0v) is 17.5. The number of benzene rings is 3. The Hall–Kier alpha value is -2.74. The molecule has 3 aromatic rings. The number of carbonyl (C=O) groups excluding carboxylic acids is 1. The minimum absolute atomic E-state index is 0.190. The van der Waals surface area contributed by atoms with E-state index in [1.165, 1.54) is 0 Å². The molecule has 0 heterocycles. The number of hydrogen-bond donors (Lipinski definition) is 1. The summed E-state index contributed by atoms with van der Waals surface area (Å²) in [6.07, 6.45) is 0. The van der Waals surface area contributed by atoms with E-state index in [1.54, 1.807) is 31.4 Å². The average Bonchev–Trinajstić information content (AvgIpc) is 2.72. The molecule has 3 rings (SSSR count). The molecule has 0 aliphatic heterocycles. The second-order valence-electron chi connectivity index (χ2n) is 5.84. The number of amides is 1. The molecule has 0 spiro atoms. The molecule has 1 amide bonds. The van der Waals surface area contributed by atoms with Crippen LogP contribution in [0.25, 0.3) is 0 Å². The fraction of sp³-hybridized carbons (Fsp3) is 0.136. The van der Waals surface area contributed by atoms with Crippen molar-refractivity contribution >= 4 is 34.2 Å². The maximum atomic E-state index is 12.5. The summed E-state index contributed by atoms with van der Waals surface area (Å²) in [6.45, 7) is 0.841. The Morgan fingerprint density at radius 3 is 2.32 bits per heavy atom. The van der Waals surface area contributed by atoms with Gasteiger partial charge in [-0.1, -0.05) is 24.3 Å². The molecule has 0 aliphatic rings. The molecule has 0 bridgehead atoms. The second-order valence-corrected chi connectivity index (χ2v) is 7.00. The van der Waals surface area contributed by atoms with Gasteiger partial charge in [-0.05, 0) is 65.1 Å². The lowest BCUT2D eigenvalue weighted by Gasteiger charge is -2.11. The van der Waals surface area contributed by atoms with Gasteiger partial charge in [0.2, 0.25) is 0 Å². The standard InChI is InChI=1S/C22H20INO4/c1-26-21-11-10-16(14-20(21)23)22(25)24-17-6-5-9-19(15-17)28-13-12-27-18-7-3-2-4-8-18/h2-11,14-15H,12-13H2,1H3,(H,24,25). The fourth-order valence-electron chi connectivity index (χ4n) is 2.51. The number of rotatable bonds is 8. The van der Waals surface area contributed by atoms with Gasteiger partial charge >= 0.3 is 0 Å². The van der Waals surface area contributed by atoms with Crippen molar-refractivity contribution in [1.29, 1.82) is 0 Å². The van der Waals surface area contributed by atoms with Crippen molar-refractivity contribution in [2.24, 2.45) is 0 Å². The minimum Gasteiger partial charge on any atom is -0.496 e. The van der Waals surface area contributed by atoms with Gasteiger partial charge in [0.1, 0.15) is 30.5 Å². The Bertz CT molecular complexity index is 931. The Kier molecular flexibility index (Phi) is 7.13. The number of anilines is 1. The van der Waals surface area contributed by atoms with Crippen LogP contribution in [0.4, 0.5) is 5.69 Å². The molecule has 6 heteroatoms. The van der Waals surface area contributed by atoms with Crippen molar-refractivity contribution in [2.45, 2.75) is 0 Å². The highest BCUT2D eigenvalue weighted by atomic mass is 127. The normalized spacial score (nSPS) is 10.2. The van der Waals surface area contributed by atoms with Crippen LogP contribution in [0.2, 0.25) is 0 Å². The summed E-state index contributed by atoms with van der Waals surface area (Å²) in [5, 5.41) is 2.89. The van der Waals surface area contributed by atoms with E-state index in [0.29, 0.717) is 30.2 Å². The van der Waals surface area contributed by atoms with Crippen molar-refractivity contribution in [3.05, 3.63) is 81.9 Å². The Morgan fingerprint density at radius 1 is 0.893 bits per heavy atom. The molecule has 0 unspecified atom stereocenters. The first-order valence-corrected chi connectivity index (χ1v) is 9.79. The van der Waals surface area contributed by atoms with Crippen LogP contribution in [0.15, 0.2) is 72.8 Å². The van der Waals surface area contributed by atoms with E-state index in [2.05, 4.69) is 27.9 Å². The summed E-state index contributed by atoms with van der Waals surface area (Å²) in [6, 6.07) is 22.2. The second kappa shape index (κ2) is 9.98. The lowest BCUT2D eigenvalue weighted by atomic mass is 10.2. The van der Waals surface area contributed by atoms with E-state index in [-0.39, 0.29) is 5.91 Å². The molecule has 1 N–H and O–H groups in total. The topological polar surface area (TPSA) is 56.8 Å². The van der Waals surface area contributed by atoms with Crippen molar-refractivity contribution in [1.82, 2.24) is 0 Å². The van der Waals surface area contributed by atoms with E-state index in [0.717, 1.165) is 15.1 Å². The predicted molar refractivity (Wildman–Crippen MR) is 118 cm³/mol. The zero-order chi connectivity index (χ0) is 19.8. The van der Waals surface area contributed by atoms with Crippen LogP contribution < -0.4 is 19.5 Å². The summed E-state index contributed by atoms with van der Waals surface area (Å²) >= 11 is 2.14. The highest BCUT2D eigenvalue weighted by molar-refractivity contribution is 14.1. The number of nitrogens with one attached hydrogen (secondary N) is 1. The molecule has 0 atom stereocenters. The van der Waals surface area contributed by atoms with Gasteiger partial charge in [0, 0.05) is 17.3 Å². The largest absolute Gasteiger partial charge is 0.496 e. The van der Waals surface area contributed by atoms with Gasteiger partial charge in [0.05, 0.1) is 10.7 Å². The maximum Gasteiger partial charge on any atom is 0.255 e. The van der Waals surface area contributed by atoms with Gasteiger partial charge in [0.15, 0.2) is 0 Å². The summed E-state index contributed by atoms with van der Waals surface area (Å²) in [5.74, 6) is 2.02. The molecule has 0 aliphatic carbocycles. The van der Waals surface area contributed by atoms with Gasteiger partial charge < -0.3 is 19.5 Å². The highest BCUT2D eigenvalue weighted by Crippen LogP contribution is 2.23. The molecule has 5 nitrogen and oxygen atoms in total. The lowest BCUT2D eigenvalue weighted by molar-refractivity contribution is 0.102. The lowest BCUT2D eigenvalue weighted by Crippen LogP contribution is -2.12. The Labute approximate surface area is 177 Å². The highest BCUT2D eigenvalue weighted by Gasteiger charge is 2.09. The monoisotopic (exact) mass is 489 g/mol. The van der Waals surface area contributed by atoms with Crippen LogP contribution in [0.5, 0.6) is 17.2 Å². The van der Waals surface area contributed by atoms with E-state index in [9.17, 15) is 4.79 Å². The Morgan fingerprint density at radius 2 is 1.61 bits per heavy atom.